The van der Waals surface area contributed by atoms with Gasteiger partial charge in [-0.2, -0.15) is 4.98 Å². The molecule has 0 saturated heterocycles. The van der Waals surface area contributed by atoms with Crippen LogP contribution in [0.1, 0.15) is 39.0 Å². The van der Waals surface area contributed by atoms with E-state index in [4.69, 9.17) is 10.2 Å². The van der Waals surface area contributed by atoms with Gasteiger partial charge in [-0.05, 0) is 17.4 Å². The van der Waals surface area contributed by atoms with E-state index >= 15 is 0 Å². The molecule has 0 amide bonds. The van der Waals surface area contributed by atoms with Crippen LogP contribution in [-0.4, -0.2) is 4.98 Å². The van der Waals surface area contributed by atoms with Crippen molar-refractivity contribution in [3.63, 3.8) is 0 Å². The Morgan fingerprint density at radius 3 is 2.28 bits per heavy atom. The zero-order valence-corrected chi connectivity index (χ0v) is 11.4. The number of anilines is 1. The van der Waals surface area contributed by atoms with E-state index in [9.17, 15) is 0 Å². The molecule has 3 heteroatoms. The van der Waals surface area contributed by atoms with E-state index in [0.29, 0.717) is 0 Å². The Morgan fingerprint density at radius 1 is 1.17 bits per heavy atom. The van der Waals surface area contributed by atoms with Gasteiger partial charge in [-0.15, -0.1) is 0 Å². The second kappa shape index (κ2) is 4.48. The van der Waals surface area contributed by atoms with Crippen LogP contribution >= 0.6 is 0 Å². The number of aromatic nitrogens is 1. The highest BCUT2D eigenvalue weighted by Gasteiger charge is 2.15. The molecule has 0 atom stereocenters. The van der Waals surface area contributed by atoms with E-state index in [0.717, 1.165) is 23.4 Å². The van der Waals surface area contributed by atoms with Gasteiger partial charge in [-0.3, -0.25) is 0 Å². The van der Waals surface area contributed by atoms with Crippen LogP contribution in [0.15, 0.2) is 28.7 Å². The molecule has 0 radical (unpaired) electrons. The molecular weight excluding hydrogens is 224 g/mol. The lowest BCUT2D eigenvalue weighted by molar-refractivity contribution is 0.587. The van der Waals surface area contributed by atoms with E-state index in [1.165, 1.54) is 5.56 Å². The lowest BCUT2D eigenvalue weighted by atomic mass is 9.86. The van der Waals surface area contributed by atoms with Crippen molar-refractivity contribution in [1.29, 1.82) is 0 Å². The molecule has 2 N–H and O–H groups in total. The van der Waals surface area contributed by atoms with E-state index in [2.05, 4.69) is 50.0 Å². The van der Waals surface area contributed by atoms with E-state index in [1.807, 2.05) is 6.92 Å². The lowest BCUT2D eigenvalue weighted by Gasteiger charge is -2.18. The molecule has 0 fully saturated rings. The van der Waals surface area contributed by atoms with Gasteiger partial charge in [0.1, 0.15) is 0 Å². The number of rotatable bonds is 2. The largest absolute Gasteiger partial charge is 0.423 e. The van der Waals surface area contributed by atoms with E-state index in [-0.39, 0.29) is 11.4 Å². The summed E-state index contributed by atoms with van der Waals surface area (Å²) < 4.78 is 5.48. The van der Waals surface area contributed by atoms with Gasteiger partial charge in [0.05, 0.1) is 5.69 Å². The van der Waals surface area contributed by atoms with Crippen molar-refractivity contribution < 1.29 is 4.42 Å². The van der Waals surface area contributed by atoms with Gasteiger partial charge < -0.3 is 10.2 Å². The number of aryl methyl sites for hydroxylation is 1. The Balaban J connectivity index is 2.40. The lowest BCUT2D eigenvalue weighted by Crippen LogP contribution is -2.10. The quantitative estimate of drug-likeness (QED) is 0.874. The van der Waals surface area contributed by atoms with Crippen LogP contribution in [-0.2, 0) is 11.8 Å². The summed E-state index contributed by atoms with van der Waals surface area (Å²) in [4.78, 5) is 4.19. The first-order valence-electron chi connectivity index (χ1n) is 6.28. The Kier molecular flexibility index (Phi) is 3.16. The molecule has 1 aromatic carbocycles. The van der Waals surface area contributed by atoms with Gasteiger partial charge in [0.25, 0.3) is 6.01 Å². The molecule has 1 heterocycles. The molecule has 2 rings (SSSR count). The number of nitrogens with zero attached hydrogens (tertiary/aromatic N) is 1. The number of benzene rings is 1. The standard InChI is InChI=1S/C15H20N2O/c1-5-12-13(18-14(16)17-12)10-6-8-11(9-7-10)15(2,3)4/h6-9H,5H2,1-4H3,(H2,16,17). The average Bonchev–Trinajstić information content (AvgIpc) is 2.69. The molecule has 18 heavy (non-hydrogen) atoms. The number of nitrogen functional groups attached to an aromatic ring is 1. The van der Waals surface area contributed by atoms with Crippen molar-refractivity contribution in [1.82, 2.24) is 4.98 Å². The Labute approximate surface area is 108 Å². The summed E-state index contributed by atoms with van der Waals surface area (Å²) in [6, 6.07) is 8.64. The molecule has 0 aliphatic rings. The van der Waals surface area contributed by atoms with Gasteiger partial charge in [0, 0.05) is 5.56 Å². The zero-order chi connectivity index (χ0) is 13.3. The predicted molar refractivity (Wildman–Crippen MR) is 74.4 cm³/mol. The summed E-state index contributed by atoms with van der Waals surface area (Å²) in [5, 5.41) is 0. The summed E-state index contributed by atoms with van der Waals surface area (Å²) >= 11 is 0. The average molecular weight is 244 g/mol. The second-order valence-electron chi connectivity index (χ2n) is 5.51. The number of nitrogens with two attached hydrogens (primary N) is 1. The van der Waals surface area contributed by atoms with Crippen molar-refractivity contribution in [3.8, 4) is 11.3 Å². The normalized spacial score (nSPS) is 11.8. The first kappa shape index (κ1) is 12.7. The van der Waals surface area contributed by atoms with Gasteiger partial charge in [0.15, 0.2) is 5.76 Å². The Bertz CT molecular complexity index is 533. The van der Waals surface area contributed by atoms with Gasteiger partial charge in [-0.1, -0.05) is 52.0 Å². The van der Waals surface area contributed by atoms with Crippen molar-refractivity contribution in [2.24, 2.45) is 0 Å². The third kappa shape index (κ3) is 2.40. The van der Waals surface area contributed by atoms with Crippen LogP contribution in [0.4, 0.5) is 6.01 Å². The Hall–Kier alpha value is -1.77. The molecule has 3 nitrogen and oxygen atoms in total. The predicted octanol–water partition coefficient (Wildman–Crippen LogP) is 3.78. The fraction of sp³-hybridized carbons (Fsp3) is 0.400. The highest BCUT2D eigenvalue weighted by Crippen LogP contribution is 2.29. The molecule has 0 aliphatic carbocycles. The molecule has 96 valence electrons. The molecule has 0 bridgehead atoms. The molecule has 2 aromatic rings. The van der Waals surface area contributed by atoms with Crippen LogP contribution in [0.3, 0.4) is 0 Å². The summed E-state index contributed by atoms with van der Waals surface area (Å²) in [5.74, 6) is 0.787. The van der Waals surface area contributed by atoms with Crippen LogP contribution < -0.4 is 5.73 Å². The van der Waals surface area contributed by atoms with Crippen LogP contribution in [0, 0.1) is 0 Å². The fourth-order valence-corrected chi connectivity index (χ4v) is 1.96. The maximum Gasteiger partial charge on any atom is 0.292 e. The summed E-state index contributed by atoms with van der Waals surface area (Å²) in [7, 11) is 0. The number of oxazole rings is 1. The number of hydrogen-bond donors (Lipinski definition) is 1. The molecule has 0 spiro atoms. The zero-order valence-electron chi connectivity index (χ0n) is 11.4. The van der Waals surface area contributed by atoms with Gasteiger partial charge >= 0.3 is 0 Å². The summed E-state index contributed by atoms with van der Waals surface area (Å²) in [6.45, 7) is 8.65. The topological polar surface area (TPSA) is 52.0 Å². The van der Waals surface area contributed by atoms with E-state index in [1.54, 1.807) is 0 Å². The monoisotopic (exact) mass is 244 g/mol. The fourth-order valence-electron chi connectivity index (χ4n) is 1.96. The number of hydrogen-bond acceptors (Lipinski definition) is 3. The summed E-state index contributed by atoms with van der Waals surface area (Å²) in [6.07, 6.45) is 0.817. The third-order valence-electron chi connectivity index (χ3n) is 3.06. The van der Waals surface area contributed by atoms with Crippen molar-refractivity contribution in [2.45, 2.75) is 39.5 Å². The maximum atomic E-state index is 5.61. The van der Waals surface area contributed by atoms with Crippen LogP contribution in [0.5, 0.6) is 0 Å². The van der Waals surface area contributed by atoms with Gasteiger partial charge in [0.2, 0.25) is 0 Å². The molecule has 0 aliphatic heterocycles. The van der Waals surface area contributed by atoms with Crippen molar-refractivity contribution in [3.05, 3.63) is 35.5 Å². The SMILES string of the molecule is CCc1nc(N)oc1-c1ccc(C(C)(C)C)cc1. The van der Waals surface area contributed by atoms with Crippen molar-refractivity contribution in [2.75, 3.05) is 5.73 Å². The minimum atomic E-state index is 0.159. The minimum Gasteiger partial charge on any atom is -0.423 e. The highest BCUT2D eigenvalue weighted by molar-refractivity contribution is 5.61. The van der Waals surface area contributed by atoms with Gasteiger partial charge in [-0.25, -0.2) is 0 Å². The first-order chi connectivity index (χ1) is 8.41. The highest BCUT2D eigenvalue weighted by atomic mass is 16.4. The maximum absolute atomic E-state index is 5.61. The molecule has 1 aromatic heterocycles. The minimum absolute atomic E-state index is 0.159. The van der Waals surface area contributed by atoms with E-state index < -0.39 is 0 Å². The summed E-state index contributed by atoms with van der Waals surface area (Å²) in [5.41, 5.74) is 9.02. The van der Waals surface area contributed by atoms with Crippen LogP contribution in [0.2, 0.25) is 0 Å². The second-order valence-corrected chi connectivity index (χ2v) is 5.51. The molecule has 0 unspecified atom stereocenters. The Morgan fingerprint density at radius 2 is 1.78 bits per heavy atom. The van der Waals surface area contributed by atoms with Crippen LogP contribution in [0.25, 0.3) is 11.3 Å². The smallest absolute Gasteiger partial charge is 0.292 e. The third-order valence-corrected chi connectivity index (χ3v) is 3.06. The first-order valence-corrected chi connectivity index (χ1v) is 6.28. The molecule has 0 saturated carbocycles. The molecular formula is C15H20N2O. The van der Waals surface area contributed by atoms with Crippen molar-refractivity contribution >= 4 is 6.01 Å².